The van der Waals surface area contributed by atoms with Gasteiger partial charge in [0.05, 0.1) is 13.8 Å². The number of hydrogen-bond acceptors (Lipinski definition) is 1. The van der Waals surface area contributed by atoms with Crippen LogP contribution in [-0.4, -0.2) is 14.6 Å². The minimum absolute atomic E-state index is 1.18. The van der Waals surface area contributed by atoms with Crippen molar-refractivity contribution in [1.82, 2.24) is 0 Å². The van der Waals surface area contributed by atoms with Crippen LogP contribution < -0.4 is 15.1 Å². The normalized spacial score (nSPS) is 19.0. The molecule has 3 heteroatoms. The summed E-state index contributed by atoms with van der Waals surface area (Å²) in [5.74, 6) is 0. The molecule has 1 saturated heterocycles. The van der Waals surface area contributed by atoms with E-state index in [9.17, 15) is 0 Å². The second-order valence-corrected chi connectivity index (χ2v) is 11.7. The van der Waals surface area contributed by atoms with E-state index in [4.69, 9.17) is 0 Å². The summed E-state index contributed by atoms with van der Waals surface area (Å²) in [6.45, 7) is 3.40. The van der Waals surface area contributed by atoms with Crippen molar-refractivity contribution < 1.29 is 4.57 Å². The minimum atomic E-state index is -1.22. The lowest BCUT2D eigenvalue weighted by Gasteiger charge is -2.34. The number of benzene rings is 1. The average Bonchev–Trinajstić information content (AvgIpc) is 2.97. The molecule has 2 aromatic rings. The zero-order chi connectivity index (χ0) is 15.2. The van der Waals surface area contributed by atoms with Gasteiger partial charge < -0.3 is 5.32 Å². The highest BCUT2D eigenvalue weighted by Crippen LogP contribution is 2.37. The second kappa shape index (κ2) is 5.23. The van der Waals surface area contributed by atoms with Crippen LogP contribution >= 0.6 is 0 Å². The molecular weight excluding hydrogens is 284 g/mol. The third-order valence-corrected chi connectivity index (χ3v) is 11.1. The first kappa shape index (κ1) is 14.0. The molecule has 2 aliphatic rings. The molecule has 0 radical (unpaired) electrons. The number of aromatic nitrogens is 1. The summed E-state index contributed by atoms with van der Waals surface area (Å²) in [5.41, 5.74) is 5.53. The van der Waals surface area contributed by atoms with Crippen LogP contribution in [0.15, 0.2) is 36.5 Å². The van der Waals surface area contributed by atoms with E-state index in [-0.39, 0.29) is 0 Å². The van der Waals surface area contributed by atoms with Crippen LogP contribution in [0.1, 0.15) is 18.4 Å². The van der Waals surface area contributed by atoms with Crippen molar-refractivity contribution in [3.63, 3.8) is 0 Å². The quantitative estimate of drug-likeness (QED) is 0.631. The van der Waals surface area contributed by atoms with E-state index in [0.717, 1.165) is 0 Å². The van der Waals surface area contributed by atoms with Crippen molar-refractivity contribution in [2.75, 3.05) is 11.9 Å². The van der Waals surface area contributed by atoms with Gasteiger partial charge in [-0.2, -0.15) is 4.57 Å². The molecule has 1 aromatic heterocycles. The summed E-state index contributed by atoms with van der Waals surface area (Å²) >= 11 is 0. The van der Waals surface area contributed by atoms with Crippen LogP contribution in [0, 0.1) is 6.92 Å². The zero-order valence-electron chi connectivity index (χ0n) is 13.7. The number of anilines is 1. The molecule has 1 N–H and O–H groups in total. The van der Waals surface area contributed by atoms with Crippen LogP contribution in [0.25, 0.3) is 11.3 Å². The van der Waals surface area contributed by atoms with Gasteiger partial charge in [-0.15, -0.1) is 0 Å². The number of nitrogens with one attached hydrogen (secondary N) is 1. The van der Waals surface area contributed by atoms with Gasteiger partial charge in [0.25, 0.3) is 0 Å². The van der Waals surface area contributed by atoms with E-state index in [1.807, 2.05) is 0 Å². The van der Waals surface area contributed by atoms with Crippen LogP contribution in [0.2, 0.25) is 18.1 Å². The van der Waals surface area contributed by atoms with Crippen molar-refractivity contribution >= 4 is 18.9 Å². The van der Waals surface area contributed by atoms with Crippen LogP contribution in [0.4, 0.5) is 5.69 Å². The number of fused-ring (bicyclic) bond motifs is 2. The standard InChI is InChI=1S/C19H25N2Si/c1-15-7-3-4-8-16(15)18-13-19-17(14-21(18)2)20-9-12-22(19)10-5-6-11-22/h3-4,7-8,13-14,20H,5-6,9-12H2,1-2H3/q+1. The van der Waals surface area contributed by atoms with E-state index in [0.29, 0.717) is 0 Å². The van der Waals surface area contributed by atoms with E-state index >= 15 is 0 Å². The molecule has 0 amide bonds. The van der Waals surface area contributed by atoms with Crippen molar-refractivity contribution in [3.05, 3.63) is 42.1 Å². The molecule has 0 saturated carbocycles. The average molecular weight is 310 g/mol. The van der Waals surface area contributed by atoms with Crippen LogP contribution in [0.5, 0.6) is 0 Å². The molecular formula is C19H25N2Si+. The first-order chi connectivity index (χ1) is 10.7. The Hall–Kier alpha value is -1.61. The van der Waals surface area contributed by atoms with Crippen LogP contribution in [-0.2, 0) is 7.05 Å². The van der Waals surface area contributed by atoms with Gasteiger partial charge >= 0.3 is 0 Å². The molecule has 0 bridgehead atoms. The van der Waals surface area contributed by atoms with E-state index in [2.05, 4.69) is 60.4 Å². The topological polar surface area (TPSA) is 15.9 Å². The number of aryl methyl sites for hydroxylation is 2. The maximum atomic E-state index is 3.66. The fourth-order valence-electron chi connectivity index (χ4n) is 4.50. The maximum absolute atomic E-state index is 3.66. The van der Waals surface area contributed by atoms with Crippen molar-refractivity contribution in [1.29, 1.82) is 0 Å². The third kappa shape index (κ3) is 2.10. The number of hydrogen-bond donors (Lipinski definition) is 1. The van der Waals surface area contributed by atoms with Crippen molar-refractivity contribution in [2.45, 2.75) is 37.9 Å². The lowest BCUT2D eigenvalue weighted by molar-refractivity contribution is -0.659. The zero-order valence-corrected chi connectivity index (χ0v) is 14.7. The molecule has 0 aliphatic carbocycles. The largest absolute Gasteiger partial charge is 0.381 e. The summed E-state index contributed by atoms with van der Waals surface area (Å²) in [6, 6.07) is 15.7. The first-order valence-corrected chi connectivity index (χ1v) is 11.2. The molecule has 1 fully saturated rings. The molecule has 3 heterocycles. The second-order valence-electron chi connectivity index (χ2n) is 7.08. The summed E-state index contributed by atoms with van der Waals surface area (Å²) in [6.07, 6.45) is 5.24. The number of nitrogens with zero attached hydrogens (tertiary/aromatic N) is 1. The Kier molecular flexibility index (Phi) is 3.33. The molecule has 22 heavy (non-hydrogen) atoms. The highest BCUT2D eigenvalue weighted by atomic mass is 28.3. The van der Waals surface area contributed by atoms with Gasteiger partial charge in [0, 0.05) is 18.2 Å². The summed E-state index contributed by atoms with van der Waals surface area (Å²) in [5, 5.41) is 5.36. The lowest BCUT2D eigenvalue weighted by atomic mass is 10.0. The first-order valence-electron chi connectivity index (χ1n) is 8.54. The third-order valence-electron chi connectivity index (χ3n) is 5.75. The van der Waals surface area contributed by atoms with Gasteiger partial charge in [-0.05, 0) is 29.8 Å². The predicted molar refractivity (Wildman–Crippen MR) is 95.3 cm³/mol. The van der Waals surface area contributed by atoms with E-state index in [1.165, 1.54) is 60.0 Å². The Morgan fingerprint density at radius 1 is 1.09 bits per heavy atom. The Bertz CT molecular complexity index is 717. The minimum Gasteiger partial charge on any atom is -0.381 e. The summed E-state index contributed by atoms with van der Waals surface area (Å²) < 4.78 is 2.30. The molecule has 1 aromatic carbocycles. The maximum Gasteiger partial charge on any atom is 0.212 e. The van der Waals surface area contributed by atoms with Gasteiger partial charge in [0.2, 0.25) is 5.69 Å². The Labute approximate surface area is 134 Å². The molecule has 0 atom stereocenters. The highest BCUT2D eigenvalue weighted by Gasteiger charge is 2.42. The number of pyridine rings is 1. The smallest absolute Gasteiger partial charge is 0.212 e. The van der Waals surface area contributed by atoms with Crippen molar-refractivity contribution in [2.24, 2.45) is 7.05 Å². The van der Waals surface area contributed by atoms with Crippen molar-refractivity contribution in [3.8, 4) is 11.3 Å². The monoisotopic (exact) mass is 309 g/mol. The fourth-order valence-corrected chi connectivity index (χ4v) is 9.68. The molecule has 0 unspecified atom stereocenters. The van der Waals surface area contributed by atoms with Crippen LogP contribution in [0.3, 0.4) is 0 Å². The van der Waals surface area contributed by atoms with E-state index < -0.39 is 8.07 Å². The van der Waals surface area contributed by atoms with Gasteiger partial charge in [0.1, 0.15) is 7.05 Å². The summed E-state index contributed by atoms with van der Waals surface area (Å²) in [7, 11) is 0.961. The summed E-state index contributed by atoms with van der Waals surface area (Å²) in [4.78, 5) is 0. The number of rotatable bonds is 1. The van der Waals surface area contributed by atoms with E-state index in [1.54, 1.807) is 5.19 Å². The Morgan fingerprint density at radius 2 is 1.86 bits per heavy atom. The van der Waals surface area contributed by atoms with Gasteiger partial charge in [0.15, 0.2) is 6.20 Å². The molecule has 1 spiro atoms. The van der Waals surface area contributed by atoms with Gasteiger partial charge in [-0.25, -0.2) is 0 Å². The predicted octanol–water partition coefficient (Wildman–Crippen LogP) is 3.36. The molecule has 114 valence electrons. The Morgan fingerprint density at radius 3 is 2.64 bits per heavy atom. The lowest BCUT2D eigenvalue weighted by Crippen LogP contribution is -2.52. The Balaban J connectivity index is 1.90. The SMILES string of the molecule is Cc1ccccc1-c1cc2c(c[n+]1C)NCC[Si]21CCCC1. The molecule has 4 rings (SSSR count). The molecule has 2 nitrogen and oxygen atoms in total. The fraction of sp³-hybridized carbons (Fsp3) is 0.421. The van der Waals surface area contributed by atoms with Gasteiger partial charge in [-0.1, -0.05) is 43.1 Å². The van der Waals surface area contributed by atoms with Gasteiger partial charge in [-0.3, -0.25) is 0 Å². The molecule has 2 aliphatic heterocycles. The highest BCUT2D eigenvalue weighted by molar-refractivity contribution is 6.93.